The van der Waals surface area contributed by atoms with Gasteiger partial charge >= 0.3 is 0 Å². The Kier molecular flexibility index (Phi) is 5.17. The quantitative estimate of drug-likeness (QED) is 0.762. The van der Waals surface area contributed by atoms with E-state index in [0.717, 1.165) is 40.9 Å². The highest BCUT2D eigenvalue weighted by Gasteiger charge is 2.32. The van der Waals surface area contributed by atoms with Crippen molar-refractivity contribution in [3.8, 4) is 10.6 Å². The summed E-state index contributed by atoms with van der Waals surface area (Å²) < 4.78 is 1.15. The fraction of sp³-hybridized carbons (Fsp3) is 0.579. The van der Waals surface area contributed by atoms with Crippen molar-refractivity contribution in [2.45, 2.75) is 49.2 Å². The van der Waals surface area contributed by atoms with Crippen molar-refractivity contribution >= 4 is 29.0 Å². The molecule has 1 aliphatic heterocycles. The third kappa shape index (κ3) is 3.38. The molecule has 1 fully saturated rings. The number of nitrogens with one attached hydrogen (secondary N) is 1. The van der Waals surface area contributed by atoms with Gasteiger partial charge in [0.1, 0.15) is 0 Å². The lowest BCUT2D eigenvalue weighted by atomic mass is 9.86. The molecular formula is C19H25N3OS2. The predicted octanol–water partition coefficient (Wildman–Crippen LogP) is 4.83. The number of carbonyl (C=O) groups excluding carboxylic acids is 1. The van der Waals surface area contributed by atoms with E-state index >= 15 is 0 Å². The summed E-state index contributed by atoms with van der Waals surface area (Å²) in [7, 11) is 0. The molecule has 1 saturated carbocycles. The molecule has 2 aromatic rings. The zero-order valence-electron chi connectivity index (χ0n) is 14.7. The second-order valence-corrected chi connectivity index (χ2v) is 9.18. The molecule has 1 N–H and O–H groups in total. The number of hydrogen-bond acceptors (Lipinski definition) is 4. The van der Waals surface area contributed by atoms with Gasteiger partial charge in [0.25, 0.3) is 5.91 Å². The van der Waals surface area contributed by atoms with E-state index < -0.39 is 0 Å². The smallest absolute Gasteiger partial charge is 0.256 e. The van der Waals surface area contributed by atoms with E-state index in [1.54, 1.807) is 29.3 Å². The van der Waals surface area contributed by atoms with E-state index in [1.165, 1.54) is 49.0 Å². The first-order valence-corrected chi connectivity index (χ1v) is 11.3. The normalized spacial score (nSPS) is 18.6. The molecule has 0 saturated heterocycles. The van der Waals surface area contributed by atoms with Gasteiger partial charge in [-0.2, -0.15) is 5.10 Å². The Balaban J connectivity index is 1.53. The molecule has 2 aromatic heterocycles. The van der Waals surface area contributed by atoms with Crippen molar-refractivity contribution in [3.05, 3.63) is 23.4 Å². The van der Waals surface area contributed by atoms with Crippen molar-refractivity contribution in [1.82, 2.24) is 15.1 Å². The first-order chi connectivity index (χ1) is 12.3. The molecule has 4 nitrogen and oxygen atoms in total. The summed E-state index contributed by atoms with van der Waals surface area (Å²) in [6, 6.07) is 2.00. The average molecular weight is 376 g/mol. The first-order valence-electron chi connectivity index (χ1n) is 9.26. The second-order valence-electron chi connectivity index (χ2n) is 7.08. The molecule has 2 aliphatic rings. The van der Waals surface area contributed by atoms with Gasteiger partial charge < -0.3 is 4.90 Å². The Morgan fingerprint density at radius 2 is 2.20 bits per heavy atom. The van der Waals surface area contributed by atoms with Gasteiger partial charge in [-0.05, 0) is 36.6 Å². The summed E-state index contributed by atoms with van der Waals surface area (Å²) in [5.74, 6) is 1.06. The number of fused-ring (bicyclic) bond motifs is 1. The van der Waals surface area contributed by atoms with Crippen molar-refractivity contribution in [2.75, 3.05) is 19.3 Å². The van der Waals surface area contributed by atoms with E-state index in [-0.39, 0.29) is 5.91 Å². The van der Waals surface area contributed by atoms with Crippen LogP contribution in [-0.4, -0.2) is 40.3 Å². The van der Waals surface area contributed by atoms with Crippen LogP contribution in [0.25, 0.3) is 10.6 Å². The summed E-state index contributed by atoms with van der Waals surface area (Å²) >= 11 is 3.42. The van der Waals surface area contributed by atoms with Crippen LogP contribution < -0.4 is 0 Å². The summed E-state index contributed by atoms with van der Waals surface area (Å²) in [4.78, 5) is 16.4. The third-order valence-corrected chi connectivity index (χ3v) is 7.96. The molecule has 0 atom stereocenters. The molecule has 0 unspecified atom stereocenters. The molecule has 1 amide bonds. The third-order valence-electron chi connectivity index (χ3n) is 5.57. The van der Waals surface area contributed by atoms with Crippen LogP contribution in [0.2, 0.25) is 0 Å². The minimum absolute atomic E-state index is 0.239. The number of rotatable bonds is 5. The van der Waals surface area contributed by atoms with Gasteiger partial charge in [0.2, 0.25) is 0 Å². The Morgan fingerprint density at radius 3 is 2.92 bits per heavy atom. The monoisotopic (exact) mass is 375 g/mol. The SMILES string of the molecule is CSc1sc(-c2ccn[nH]2)c2c1C(=O)N(CCC1CCCCC1)CC2. The number of thiophene rings is 1. The fourth-order valence-electron chi connectivity index (χ4n) is 4.17. The van der Waals surface area contributed by atoms with Gasteiger partial charge in [-0.25, -0.2) is 0 Å². The standard InChI is InChI=1S/C19H25N3OS2/c1-24-19-16-14(17(25-19)15-7-10-20-21-15)9-12-22(18(16)23)11-8-13-5-3-2-4-6-13/h7,10,13H,2-6,8-9,11-12H2,1H3,(H,20,21). The Hall–Kier alpha value is -1.27. The summed E-state index contributed by atoms with van der Waals surface area (Å²) in [5, 5.41) is 7.14. The lowest BCUT2D eigenvalue weighted by molar-refractivity contribution is 0.0723. The minimum Gasteiger partial charge on any atom is -0.338 e. The number of nitrogens with zero attached hydrogens (tertiary/aromatic N) is 2. The zero-order chi connectivity index (χ0) is 17.2. The molecule has 4 rings (SSSR count). The Bertz CT molecular complexity index is 732. The molecule has 1 aliphatic carbocycles. The highest BCUT2D eigenvalue weighted by Crippen LogP contribution is 2.43. The van der Waals surface area contributed by atoms with Crippen LogP contribution in [0.3, 0.4) is 0 Å². The molecular weight excluding hydrogens is 350 g/mol. The highest BCUT2D eigenvalue weighted by molar-refractivity contribution is 8.00. The zero-order valence-corrected chi connectivity index (χ0v) is 16.3. The molecule has 0 bridgehead atoms. The van der Waals surface area contributed by atoms with Crippen LogP contribution in [0.4, 0.5) is 0 Å². The molecule has 6 heteroatoms. The van der Waals surface area contributed by atoms with Crippen LogP contribution in [0.5, 0.6) is 0 Å². The second kappa shape index (κ2) is 7.54. The van der Waals surface area contributed by atoms with Crippen LogP contribution in [0.1, 0.15) is 54.4 Å². The number of carbonyl (C=O) groups is 1. The maximum Gasteiger partial charge on any atom is 0.256 e. The van der Waals surface area contributed by atoms with E-state index in [4.69, 9.17) is 0 Å². The van der Waals surface area contributed by atoms with Crippen LogP contribution in [-0.2, 0) is 6.42 Å². The van der Waals surface area contributed by atoms with E-state index in [1.807, 2.05) is 6.07 Å². The lowest BCUT2D eigenvalue weighted by Gasteiger charge is -2.30. The molecule has 0 radical (unpaired) electrons. The maximum absolute atomic E-state index is 13.1. The van der Waals surface area contributed by atoms with Gasteiger partial charge in [0, 0.05) is 19.3 Å². The number of thioether (sulfide) groups is 1. The van der Waals surface area contributed by atoms with Crippen molar-refractivity contribution in [3.63, 3.8) is 0 Å². The molecule has 25 heavy (non-hydrogen) atoms. The van der Waals surface area contributed by atoms with Gasteiger partial charge in [0.15, 0.2) is 0 Å². The van der Waals surface area contributed by atoms with Gasteiger partial charge in [-0.15, -0.1) is 23.1 Å². The van der Waals surface area contributed by atoms with Crippen LogP contribution in [0.15, 0.2) is 16.5 Å². The highest BCUT2D eigenvalue weighted by atomic mass is 32.2. The first kappa shape index (κ1) is 17.2. The average Bonchev–Trinajstić information content (AvgIpc) is 3.29. The molecule has 0 spiro atoms. The van der Waals surface area contributed by atoms with Gasteiger partial charge in [-0.3, -0.25) is 9.89 Å². The number of aromatic nitrogens is 2. The Labute approximate surface area is 157 Å². The fourth-order valence-corrected chi connectivity index (χ4v) is 6.22. The summed E-state index contributed by atoms with van der Waals surface area (Å²) in [6.45, 7) is 1.77. The summed E-state index contributed by atoms with van der Waals surface area (Å²) in [6.07, 6.45) is 12.8. The minimum atomic E-state index is 0.239. The molecule has 134 valence electrons. The molecule has 0 aromatic carbocycles. The summed E-state index contributed by atoms with van der Waals surface area (Å²) in [5.41, 5.74) is 3.21. The van der Waals surface area contributed by atoms with Crippen molar-refractivity contribution < 1.29 is 4.79 Å². The van der Waals surface area contributed by atoms with Crippen LogP contribution in [0, 0.1) is 5.92 Å². The van der Waals surface area contributed by atoms with Crippen molar-refractivity contribution in [1.29, 1.82) is 0 Å². The van der Waals surface area contributed by atoms with Crippen LogP contribution >= 0.6 is 23.1 Å². The number of aromatic amines is 1. The predicted molar refractivity (Wildman–Crippen MR) is 104 cm³/mol. The largest absolute Gasteiger partial charge is 0.338 e. The van der Waals surface area contributed by atoms with Crippen molar-refractivity contribution in [2.24, 2.45) is 5.92 Å². The lowest BCUT2D eigenvalue weighted by Crippen LogP contribution is -2.38. The van der Waals surface area contributed by atoms with E-state index in [9.17, 15) is 4.79 Å². The number of H-pyrrole nitrogens is 1. The van der Waals surface area contributed by atoms with E-state index in [2.05, 4.69) is 21.4 Å². The number of amides is 1. The van der Waals surface area contributed by atoms with E-state index in [0.29, 0.717) is 0 Å². The van der Waals surface area contributed by atoms with Gasteiger partial charge in [0.05, 0.1) is 20.3 Å². The number of hydrogen-bond donors (Lipinski definition) is 1. The maximum atomic E-state index is 13.1. The topological polar surface area (TPSA) is 49.0 Å². The Morgan fingerprint density at radius 1 is 1.36 bits per heavy atom. The molecule has 3 heterocycles. The van der Waals surface area contributed by atoms with Gasteiger partial charge in [-0.1, -0.05) is 32.1 Å².